The van der Waals surface area contributed by atoms with Crippen LogP contribution in [-0.2, 0) is 28.4 Å². The molecule has 0 spiro atoms. The number of nitrogens with zero attached hydrogens (tertiary/aromatic N) is 2. The third-order valence-corrected chi connectivity index (χ3v) is 6.34. The van der Waals surface area contributed by atoms with Crippen molar-refractivity contribution in [1.29, 1.82) is 0 Å². The zero-order valence-electron chi connectivity index (χ0n) is 26.0. The fraction of sp³-hybridized carbons (Fsp3) is 1.00. The van der Waals surface area contributed by atoms with Crippen LogP contribution < -0.4 is 0 Å². The van der Waals surface area contributed by atoms with Gasteiger partial charge in [-0.2, -0.15) is 158 Å². The number of rotatable bonds is 0. The molecule has 62 heavy (non-hydrogen) atoms. The Morgan fingerprint density at radius 3 is 0.306 bits per heavy atom. The van der Waals surface area contributed by atoms with E-state index in [1.807, 2.05) is 0 Å². The first-order chi connectivity index (χ1) is 26.2. The fourth-order valence-electron chi connectivity index (χ4n) is 3.53. The maximum absolute atomic E-state index is 14.7. The molecule has 3 aliphatic heterocycles. The Bertz CT molecular complexity index is 1370. The molecule has 2 bridgehead atoms. The molecule has 0 N–H and O–H groups in total. The number of ether oxygens (including phenoxy) is 6. The summed E-state index contributed by atoms with van der Waals surface area (Å²) in [4.78, 5) is -12.3. The van der Waals surface area contributed by atoms with Gasteiger partial charge >= 0.3 is 110 Å². The molecule has 0 unspecified atom stereocenters. The fourth-order valence-corrected chi connectivity index (χ4v) is 3.53. The molecule has 44 heteroatoms. The van der Waals surface area contributed by atoms with Crippen molar-refractivity contribution in [1.82, 2.24) is 9.80 Å². The van der Waals surface area contributed by atoms with Gasteiger partial charge < -0.3 is 0 Å². The summed E-state index contributed by atoms with van der Waals surface area (Å²) in [7, 11) is 0. The Labute approximate surface area is 307 Å². The lowest BCUT2D eigenvalue weighted by atomic mass is 10.2. The predicted molar refractivity (Wildman–Crippen MR) is 99.2 cm³/mol. The first-order valence-corrected chi connectivity index (χ1v) is 12.8. The second-order valence-corrected chi connectivity index (χ2v) is 10.7. The van der Waals surface area contributed by atoms with Gasteiger partial charge in [0.25, 0.3) is 0 Å². The number of hydrogen-bond donors (Lipinski definition) is 0. The Morgan fingerprint density at radius 2 is 0.226 bits per heavy atom. The predicted octanol–water partition coefficient (Wildman–Crippen LogP) is 10.4. The molecule has 0 aliphatic carbocycles. The molecule has 3 saturated heterocycles. The number of halogens is 36. The van der Waals surface area contributed by atoms with Gasteiger partial charge in [0.15, 0.2) is 0 Å². The summed E-state index contributed by atoms with van der Waals surface area (Å²) in [5.41, 5.74) is 0. The average molecular weight is 1020 g/mol. The molecule has 3 aliphatic rings. The maximum Gasteiger partial charge on any atom is 0.453 e. The van der Waals surface area contributed by atoms with E-state index in [1.165, 1.54) is 0 Å². The SMILES string of the molecule is FC1(F)OC(F)(F)C(F)(F)N2C(F)(F)C(F)(F)OC(F)(F)C(F)(F)OC(F)(F)C(F)(F)N(C(F)(F)C(F)(F)OC1(F)F)C(F)(F)C(F)(F)OC(F)(F)C(F)(F)OC(F)(F)C2(F)F. The molecule has 3 heterocycles. The van der Waals surface area contributed by atoms with E-state index < -0.39 is 119 Å². The highest BCUT2D eigenvalue weighted by Gasteiger charge is 2.92. The van der Waals surface area contributed by atoms with Gasteiger partial charge in [-0.05, 0) is 0 Å². The molecule has 0 radical (unpaired) electrons. The smallest absolute Gasteiger partial charge is 0.242 e. The van der Waals surface area contributed by atoms with Gasteiger partial charge in [-0.3, -0.25) is 0 Å². The first kappa shape index (κ1) is 55.3. The lowest BCUT2D eigenvalue weighted by Gasteiger charge is -2.48. The van der Waals surface area contributed by atoms with Gasteiger partial charge in [0.05, 0.1) is 0 Å². The minimum Gasteiger partial charge on any atom is -0.242 e. The molecule has 0 amide bonds. The summed E-state index contributed by atoms with van der Waals surface area (Å²) in [6, 6.07) is -59.5. The molecular formula is C18F36N2O6. The van der Waals surface area contributed by atoms with Crippen molar-refractivity contribution in [3.8, 4) is 0 Å². The van der Waals surface area contributed by atoms with Gasteiger partial charge in [-0.1, -0.05) is 9.80 Å². The van der Waals surface area contributed by atoms with E-state index in [4.69, 9.17) is 0 Å². The molecule has 3 rings (SSSR count). The topological polar surface area (TPSA) is 61.9 Å². The van der Waals surface area contributed by atoms with Crippen molar-refractivity contribution in [3.63, 3.8) is 0 Å². The second kappa shape index (κ2) is 13.8. The molecule has 0 aromatic heterocycles. The maximum atomic E-state index is 14.7. The third kappa shape index (κ3) is 8.00. The molecular weight excluding hydrogens is 1020 g/mol. The molecule has 370 valence electrons. The van der Waals surface area contributed by atoms with Gasteiger partial charge in [0, 0.05) is 0 Å². The first-order valence-electron chi connectivity index (χ1n) is 12.8. The van der Waals surface area contributed by atoms with Crippen molar-refractivity contribution in [2.45, 2.75) is 110 Å². The normalized spacial score (nSPS) is 35.4. The van der Waals surface area contributed by atoms with Gasteiger partial charge in [0.1, 0.15) is 0 Å². The summed E-state index contributed by atoms with van der Waals surface area (Å²) in [5, 5.41) is 0. The molecule has 8 nitrogen and oxygen atoms in total. The lowest BCUT2D eigenvalue weighted by Crippen LogP contribution is -2.78. The number of alkyl halides is 36. The minimum absolute atomic E-state index is 0.728. The highest BCUT2D eigenvalue weighted by molar-refractivity contribution is 5.00. The van der Waals surface area contributed by atoms with E-state index in [0.29, 0.717) is 0 Å². The summed E-state index contributed by atoms with van der Waals surface area (Å²) in [6.07, 6.45) is -112. The summed E-state index contributed by atoms with van der Waals surface area (Å²) < 4.78 is 519. The van der Waals surface area contributed by atoms with Crippen molar-refractivity contribution in [2.75, 3.05) is 0 Å². The standard InChI is InChI=1S/C18F36N2O6/c19-1(20)7(31,32)57-13(43,44)14(45,46)60-10(37,38)4(25,26)56-5(27,28)11(39,40)61-17(51,52)15(47,48)58-8(33,34)2(21,22)55(1)3(23,24)9(35,36)59-16(49,50)18(53,54)62-12(41,42)6(56,29)30. The average Bonchev–Trinajstić information content (AvgIpc) is 2.91. The van der Waals surface area contributed by atoms with Crippen LogP contribution in [0.1, 0.15) is 0 Å². The minimum atomic E-state index is -9.91. The molecule has 0 saturated carbocycles. The summed E-state index contributed by atoms with van der Waals surface area (Å²) >= 11 is 0. The Kier molecular flexibility index (Phi) is 12.3. The van der Waals surface area contributed by atoms with Crippen LogP contribution in [0.2, 0.25) is 0 Å². The van der Waals surface area contributed by atoms with E-state index in [9.17, 15) is 158 Å². The Morgan fingerprint density at radius 1 is 0.145 bits per heavy atom. The zero-order chi connectivity index (χ0) is 50.4. The van der Waals surface area contributed by atoms with Crippen LogP contribution in [0.3, 0.4) is 0 Å². The number of hydrogen-bond acceptors (Lipinski definition) is 8. The van der Waals surface area contributed by atoms with Crippen LogP contribution in [0.5, 0.6) is 0 Å². The van der Waals surface area contributed by atoms with Crippen LogP contribution in [0.25, 0.3) is 0 Å². The van der Waals surface area contributed by atoms with Crippen LogP contribution in [0.15, 0.2) is 0 Å². The van der Waals surface area contributed by atoms with Crippen LogP contribution >= 0.6 is 0 Å². The second-order valence-electron chi connectivity index (χ2n) is 10.7. The van der Waals surface area contributed by atoms with E-state index in [2.05, 4.69) is 0 Å². The largest absolute Gasteiger partial charge is 0.453 e. The monoisotopic (exact) mass is 1020 g/mol. The highest BCUT2D eigenvalue weighted by atomic mass is 19.4. The quantitative estimate of drug-likeness (QED) is 0.176. The van der Waals surface area contributed by atoms with Crippen LogP contribution in [0, 0.1) is 0 Å². The zero-order valence-corrected chi connectivity index (χ0v) is 26.0. The van der Waals surface area contributed by atoms with E-state index in [-0.39, 0.29) is 0 Å². The van der Waals surface area contributed by atoms with Crippen LogP contribution in [0.4, 0.5) is 158 Å². The van der Waals surface area contributed by atoms with Crippen molar-refractivity contribution in [2.24, 2.45) is 0 Å². The Hall–Kier alpha value is -2.84. The van der Waals surface area contributed by atoms with Crippen molar-refractivity contribution in [3.05, 3.63) is 0 Å². The summed E-state index contributed by atoms with van der Waals surface area (Å²) in [5.74, 6) is 0. The van der Waals surface area contributed by atoms with E-state index in [0.717, 1.165) is 28.4 Å². The van der Waals surface area contributed by atoms with Gasteiger partial charge in [-0.15, -0.1) is 0 Å². The van der Waals surface area contributed by atoms with Gasteiger partial charge in [-0.25, -0.2) is 28.4 Å². The molecule has 0 aromatic rings. The Balaban J connectivity index is 3.64. The molecule has 3 fully saturated rings. The van der Waals surface area contributed by atoms with E-state index in [1.54, 1.807) is 0 Å². The highest BCUT2D eigenvalue weighted by Crippen LogP contribution is 2.63. The summed E-state index contributed by atoms with van der Waals surface area (Å²) in [6.45, 7) is 0. The molecule has 0 aromatic carbocycles. The van der Waals surface area contributed by atoms with Gasteiger partial charge in [0.2, 0.25) is 0 Å². The lowest BCUT2D eigenvalue weighted by molar-refractivity contribution is -0.617. The van der Waals surface area contributed by atoms with E-state index >= 15 is 0 Å². The van der Waals surface area contributed by atoms with Crippen molar-refractivity contribution >= 4 is 0 Å². The number of fused-ring (bicyclic) bond motifs is 21. The third-order valence-electron chi connectivity index (χ3n) is 6.34. The molecule has 0 atom stereocenters. The van der Waals surface area contributed by atoms with Crippen LogP contribution in [-0.4, -0.2) is 119 Å². The van der Waals surface area contributed by atoms with Crippen molar-refractivity contribution < 1.29 is 186 Å².